The van der Waals surface area contributed by atoms with Crippen LogP contribution in [-0.4, -0.2) is 33.4 Å². The van der Waals surface area contributed by atoms with Gasteiger partial charge in [-0.25, -0.2) is 4.79 Å². The maximum atomic E-state index is 10.8. The van der Waals surface area contributed by atoms with Crippen molar-refractivity contribution in [3.8, 4) is 0 Å². The topological polar surface area (TPSA) is 81.6 Å². The predicted octanol–water partition coefficient (Wildman–Crippen LogP) is 0.807. The van der Waals surface area contributed by atoms with E-state index in [-0.39, 0.29) is 5.11 Å². The van der Waals surface area contributed by atoms with Crippen LogP contribution < -0.4 is 10.6 Å². The smallest absolute Gasteiger partial charge is 0.328 e. The van der Waals surface area contributed by atoms with Crippen molar-refractivity contribution in [3.63, 3.8) is 0 Å². The van der Waals surface area contributed by atoms with Gasteiger partial charge >= 0.3 is 5.97 Å². The lowest BCUT2D eigenvalue weighted by molar-refractivity contribution is -0.141. The van der Waals surface area contributed by atoms with Gasteiger partial charge in [0.1, 0.15) is 0 Å². The van der Waals surface area contributed by atoms with Gasteiger partial charge in [0.2, 0.25) is 0 Å². The van der Waals surface area contributed by atoms with Crippen LogP contribution in [0.3, 0.4) is 0 Å². The number of rotatable bonds is 4. The van der Waals surface area contributed by atoms with Crippen LogP contribution in [0.5, 0.6) is 0 Å². The highest BCUT2D eigenvalue weighted by Crippen LogP contribution is 2.05. The van der Waals surface area contributed by atoms with E-state index in [0.29, 0.717) is 0 Å². The van der Waals surface area contributed by atoms with E-state index in [4.69, 9.17) is 17.3 Å². The summed E-state index contributed by atoms with van der Waals surface area (Å²) in [7, 11) is 0. The molecular formula is C11H14N2O3S. The second-order valence-electron chi connectivity index (χ2n) is 3.52. The molecule has 0 unspecified atom stereocenters. The predicted molar refractivity (Wildman–Crippen MR) is 68.9 cm³/mol. The third-order valence-electron chi connectivity index (χ3n) is 2.07. The van der Waals surface area contributed by atoms with Crippen LogP contribution in [0.25, 0.3) is 0 Å². The minimum atomic E-state index is -1.16. The molecule has 5 nitrogen and oxygen atoms in total. The quantitative estimate of drug-likeness (QED) is 0.595. The zero-order chi connectivity index (χ0) is 12.8. The molecule has 0 aliphatic heterocycles. The number of thiocarbonyl (C=S) groups is 1. The van der Waals surface area contributed by atoms with E-state index in [0.717, 1.165) is 5.69 Å². The number of carbonyl (C=O) groups is 1. The second kappa shape index (κ2) is 6.17. The lowest BCUT2D eigenvalue weighted by Crippen LogP contribution is -2.49. The Hall–Kier alpha value is -1.66. The largest absolute Gasteiger partial charge is 0.480 e. The molecule has 0 aliphatic carbocycles. The lowest BCUT2D eigenvalue weighted by atomic mass is 10.2. The van der Waals surface area contributed by atoms with E-state index in [2.05, 4.69) is 10.6 Å². The van der Waals surface area contributed by atoms with Gasteiger partial charge in [-0.15, -0.1) is 0 Å². The molecule has 0 radical (unpaired) electrons. The summed E-state index contributed by atoms with van der Waals surface area (Å²) in [6, 6.07) is 7.98. The Morgan fingerprint density at radius 3 is 2.41 bits per heavy atom. The Kier molecular flexibility index (Phi) is 4.86. The van der Waals surface area contributed by atoms with E-state index >= 15 is 0 Å². The number of carboxylic acids is 1. The number of hydrogen-bond donors (Lipinski definition) is 4. The van der Waals surface area contributed by atoms with E-state index < -0.39 is 18.1 Å². The van der Waals surface area contributed by atoms with Gasteiger partial charge in [0, 0.05) is 5.69 Å². The molecule has 6 heteroatoms. The summed E-state index contributed by atoms with van der Waals surface area (Å²) >= 11 is 4.95. The molecule has 0 aliphatic rings. The van der Waals surface area contributed by atoms with E-state index in [9.17, 15) is 9.90 Å². The van der Waals surface area contributed by atoms with Crippen molar-refractivity contribution in [1.29, 1.82) is 0 Å². The number of para-hydroxylation sites is 1. The molecule has 0 bridgehead atoms. The number of benzene rings is 1. The van der Waals surface area contributed by atoms with Crippen LogP contribution in [0.2, 0.25) is 0 Å². The maximum Gasteiger partial charge on any atom is 0.328 e. The number of carboxylic acid groups (broad SMARTS) is 1. The van der Waals surface area contributed by atoms with Crippen LogP contribution in [0.15, 0.2) is 30.3 Å². The van der Waals surface area contributed by atoms with Gasteiger partial charge in [-0.05, 0) is 31.3 Å². The third kappa shape index (κ3) is 4.38. The van der Waals surface area contributed by atoms with E-state index in [1.165, 1.54) is 6.92 Å². The first-order chi connectivity index (χ1) is 8.00. The highest BCUT2D eigenvalue weighted by Gasteiger charge is 2.23. The molecule has 1 aromatic carbocycles. The second-order valence-corrected chi connectivity index (χ2v) is 3.93. The Balaban J connectivity index is 2.57. The molecule has 0 heterocycles. The third-order valence-corrected chi connectivity index (χ3v) is 2.29. The van der Waals surface area contributed by atoms with Gasteiger partial charge < -0.3 is 20.8 Å². The maximum absolute atomic E-state index is 10.8. The van der Waals surface area contributed by atoms with Crippen molar-refractivity contribution in [2.45, 2.75) is 19.1 Å². The van der Waals surface area contributed by atoms with E-state index in [1.54, 1.807) is 12.1 Å². The summed E-state index contributed by atoms with van der Waals surface area (Å²) in [6.07, 6.45) is -1.04. The summed E-state index contributed by atoms with van der Waals surface area (Å²) in [4.78, 5) is 10.8. The zero-order valence-electron chi connectivity index (χ0n) is 9.25. The average Bonchev–Trinajstić information content (AvgIpc) is 2.26. The van der Waals surface area contributed by atoms with Crippen molar-refractivity contribution in [2.75, 3.05) is 5.32 Å². The number of anilines is 1. The van der Waals surface area contributed by atoms with Gasteiger partial charge in [-0.3, -0.25) is 0 Å². The number of nitrogens with one attached hydrogen (secondary N) is 2. The van der Waals surface area contributed by atoms with Crippen LogP contribution >= 0.6 is 12.2 Å². The molecule has 2 atom stereocenters. The lowest BCUT2D eigenvalue weighted by Gasteiger charge is -2.19. The van der Waals surface area contributed by atoms with E-state index in [1.807, 2.05) is 18.2 Å². The fraction of sp³-hybridized carbons (Fsp3) is 0.273. The molecule has 0 saturated carbocycles. The van der Waals surface area contributed by atoms with Crippen molar-refractivity contribution in [2.24, 2.45) is 0 Å². The van der Waals surface area contributed by atoms with Crippen LogP contribution in [0.4, 0.5) is 5.69 Å². The minimum Gasteiger partial charge on any atom is -0.480 e. The first-order valence-electron chi connectivity index (χ1n) is 5.04. The molecule has 92 valence electrons. The van der Waals surface area contributed by atoms with Crippen molar-refractivity contribution >= 4 is 29.0 Å². The summed E-state index contributed by atoms with van der Waals surface area (Å²) < 4.78 is 0. The van der Waals surface area contributed by atoms with Crippen molar-refractivity contribution < 1.29 is 15.0 Å². The minimum absolute atomic E-state index is 0.157. The monoisotopic (exact) mass is 254 g/mol. The molecule has 0 fully saturated rings. The molecule has 0 saturated heterocycles. The molecule has 1 rings (SSSR count). The number of aliphatic hydroxyl groups is 1. The first kappa shape index (κ1) is 13.4. The SMILES string of the molecule is C[C@H](O)[C@H](NC(=S)Nc1ccccc1)C(=O)O. The molecule has 0 aromatic heterocycles. The standard InChI is InChI=1S/C11H14N2O3S/c1-7(14)9(10(15)16)13-11(17)12-8-5-3-2-4-6-8/h2-7,9,14H,1H3,(H,15,16)(H2,12,13,17)/t7-,9-/m0/s1. The Labute approximate surface area is 104 Å². The Bertz CT molecular complexity index is 395. The normalized spacial score (nSPS) is 13.5. The average molecular weight is 254 g/mol. The Morgan fingerprint density at radius 1 is 1.35 bits per heavy atom. The molecule has 0 spiro atoms. The van der Waals surface area contributed by atoms with Crippen LogP contribution in [0.1, 0.15) is 6.92 Å². The Morgan fingerprint density at radius 2 is 1.94 bits per heavy atom. The van der Waals surface area contributed by atoms with Crippen molar-refractivity contribution in [1.82, 2.24) is 5.32 Å². The number of aliphatic hydroxyl groups excluding tert-OH is 1. The van der Waals surface area contributed by atoms with Crippen LogP contribution in [-0.2, 0) is 4.79 Å². The van der Waals surface area contributed by atoms with Gasteiger partial charge in [-0.2, -0.15) is 0 Å². The fourth-order valence-corrected chi connectivity index (χ4v) is 1.46. The molecule has 1 aromatic rings. The summed E-state index contributed by atoms with van der Waals surface area (Å²) in [5.74, 6) is -1.16. The van der Waals surface area contributed by atoms with Crippen LogP contribution in [0, 0.1) is 0 Å². The molecule has 17 heavy (non-hydrogen) atoms. The molecule has 0 amide bonds. The molecular weight excluding hydrogens is 240 g/mol. The van der Waals surface area contributed by atoms with Gasteiger partial charge in [0.15, 0.2) is 11.2 Å². The molecule has 4 N–H and O–H groups in total. The summed E-state index contributed by atoms with van der Waals surface area (Å²) in [6.45, 7) is 1.39. The number of hydrogen-bond acceptors (Lipinski definition) is 3. The van der Waals surface area contributed by atoms with Gasteiger partial charge in [0.05, 0.1) is 6.10 Å². The summed E-state index contributed by atoms with van der Waals surface area (Å²) in [5.41, 5.74) is 0.750. The van der Waals surface area contributed by atoms with Gasteiger partial charge in [-0.1, -0.05) is 18.2 Å². The highest BCUT2D eigenvalue weighted by atomic mass is 32.1. The van der Waals surface area contributed by atoms with Gasteiger partial charge in [0.25, 0.3) is 0 Å². The van der Waals surface area contributed by atoms with Crippen molar-refractivity contribution in [3.05, 3.63) is 30.3 Å². The summed E-state index contributed by atoms with van der Waals surface area (Å²) in [5, 5.41) is 23.6. The fourth-order valence-electron chi connectivity index (χ4n) is 1.22. The first-order valence-corrected chi connectivity index (χ1v) is 5.45. The number of aliphatic carboxylic acids is 1. The zero-order valence-corrected chi connectivity index (χ0v) is 10.1. The highest BCUT2D eigenvalue weighted by molar-refractivity contribution is 7.80.